The molecule has 0 aliphatic carbocycles. The predicted molar refractivity (Wildman–Crippen MR) is 148 cm³/mol. The van der Waals surface area contributed by atoms with E-state index in [2.05, 4.69) is 20.6 Å². The quantitative estimate of drug-likeness (QED) is 0.446. The number of carbonyl (C=O) groups excluding carboxylic acids is 3. The molecule has 11 heteroatoms. The lowest BCUT2D eigenvalue weighted by molar-refractivity contribution is -0.128. The highest BCUT2D eigenvalue weighted by atomic mass is 32.2. The molecule has 0 spiro atoms. The highest BCUT2D eigenvalue weighted by Gasteiger charge is 2.42. The first-order chi connectivity index (χ1) is 18.9. The van der Waals surface area contributed by atoms with Crippen LogP contribution in [-0.4, -0.2) is 52.5 Å². The number of ether oxygens (including phenoxy) is 1. The van der Waals surface area contributed by atoms with Gasteiger partial charge in [0.25, 0.3) is 5.91 Å². The largest absolute Gasteiger partial charge is 0.497 e. The molecule has 198 valence electrons. The fraction of sp³-hybridized carbons (Fsp3) is 0.179. The van der Waals surface area contributed by atoms with E-state index in [1.165, 1.54) is 17.0 Å². The number of hydrogen-bond acceptors (Lipinski definition) is 7. The maximum Gasteiger partial charge on any atom is 0.259 e. The Morgan fingerprint density at radius 1 is 1.05 bits per heavy atom. The summed E-state index contributed by atoms with van der Waals surface area (Å²) < 4.78 is 18.3. The molecule has 0 aromatic heterocycles. The highest BCUT2D eigenvalue weighted by molar-refractivity contribution is 8.14. The van der Waals surface area contributed by atoms with Crippen LogP contribution in [0, 0.1) is 5.82 Å². The molecule has 0 radical (unpaired) electrons. The van der Waals surface area contributed by atoms with E-state index in [1.807, 2.05) is 18.2 Å². The number of methoxy groups -OCH3 is 1. The second-order valence-corrected chi connectivity index (χ2v) is 9.67. The zero-order chi connectivity index (χ0) is 27.4. The molecule has 39 heavy (non-hydrogen) atoms. The number of halogens is 1. The smallest absolute Gasteiger partial charge is 0.259 e. The summed E-state index contributed by atoms with van der Waals surface area (Å²) in [5.74, 6) is -0.380. The number of fused-ring (bicyclic) bond motifs is 3. The summed E-state index contributed by atoms with van der Waals surface area (Å²) in [5, 5.41) is 5.87. The molecular weight excluding hydrogens is 521 g/mol. The number of hydrogen-bond donors (Lipinski definition) is 2. The average molecular weight is 546 g/mol. The van der Waals surface area contributed by atoms with Crippen molar-refractivity contribution < 1.29 is 23.5 Å². The van der Waals surface area contributed by atoms with Crippen molar-refractivity contribution in [3.63, 3.8) is 0 Å². The van der Waals surface area contributed by atoms with E-state index in [4.69, 9.17) is 4.74 Å². The van der Waals surface area contributed by atoms with Crippen LogP contribution >= 0.6 is 11.8 Å². The van der Waals surface area contributed by atoms with Gasteiger partial charge in [0.1, 0.15) is 23.4 Å². The van der Waals surface area contributed by atoms with Crippen molar-refractivity contribution in [1.82, 2.24) is 10.2 Å². The molecule has 9 nitrogen and oxygen atoms in total. The lowest BCUT2D eigenvalue weighted by Gasteiger charge is -2.25. The van der Waals surface area contributed by atoms with Crippen molar-refractivity contribution in [3.05, 3.63) is 89.7 Å². The first-order valence-electron chi connectivity index (χ1n) is 12.1. The Balaban J connectivity index is 1.27. The monoisotopic (exact) mass is 545 g/mol. The van der Waals surface area contributed by atoms with Crippen LogP contribution in [0.25, 0.3) is 0 Å². The predicted octanol–water partition coefficient (Wildman–Crippen LogP) is 3.87. The number of amides is 3. The lowest BCUT2D eigenvalue weighted by Crippen LogP contribution is -2.42. The molecule has 0 saturated heterocycles. The first kappa shape index (κ1) is 26.1. The van der Waals surface area contributed by atoms with Gasteiger partial charge >= 0.3 is 0 Å². The zero-order valence-electron chi connectivity index (χ0n) is 20.9. The number of anilines is 1. The normalized spacial score (nSPS) is 15.6. The molecule has 5 rings (SSSR count). The van der Waals surface area contributed by atoms with E-state index in [0.717, 1.165) is 17.3 Å². The van der Waals surface area contributed by atoms with Gasteiger partial charge in [-0.15, -0.1) is 0 Å². The molecule has 2 N–H and O–H groups in total. The Hall–Kier alpha value is -4.51. The van der Waals surface area contributed by atoms with Crippen LogP contribution in [0.5, 0.6) is 5.75 Å². The summed E-state index contributed by atoms with van der Waals surface area (Å²) >= 11 is 1.11. The second-order valence-electron chi connectivity index (χ2n) is 8.73. The Bertz CT molecular complexity index is 1490. The number of aliphatic imine (C=N–C) groups is 2. The number of nitrogens with zero attached hydrogens (tertiary/aromatic N) is 3. The SMILES string of the molecule is COc1cccc(NC(=O)CSC2=Nc3ccccc3C3=NC(CC(=O)NCc4ccc(F)cc4)C(=O)N23)c1. The lowest BCUT2D eigenvalue weighted by atomic mass is 10.1. The first-order valence-corrected chi connectivity index (χ1v) is 13.1. The fourth-order valence-electron chi connectivity index (χ4n) is 4.11. The van der Waals surface area contributed by atoms with Crippen LogP contribution in [0.4, 0.5) is 15.8 Å². The van der Waals surface area contributed by atoms with E-state index < -0.39 is 11.9 Å². The third-order valence-corrected chi connectivity index (χ3v) is 6.95. The Morgan fingerprint density at radius 3 is 2.64 bits per heavy atom. The molecule has 3 amide bonds. The maximum atomic E-state index is 13.4. The van der Waals surface area contributed by atoms with Gasteiger partial charge < -0.3 is 15.4 Å². The Morgan fingerprint density at radius 2 is 1.85 bits per heavy atom. The number of nitrogens with one attached hydrogen (secondary N) is 2. The third-order valence-electron chi connectivity index (χ3n) is 6.02. The molecule has 1 unspecified atom stereocenters. The van der Waals surface area contributed by atoms with Crippen LogP contribution in [0.15, 0.2) is 82.8 Å². The number of para-hydroxylation sites is 1. The van der Waals surface area contributed by atoms with Gasteiger partial charge in [0.2, 0.25) is 11.8 Å². The standard InChI is InChI=1S/C28H24FN5O4S/c1-38-20-6-4-5-19(13-20)31-25(36)16-39-28-33-22-8-3-2-7-21(22)26-32-23(27(37)34(26)28)14-24(35)30-15-17-9-11-18(29)12-10-17/h2-13,23H,14-16H2,1H3,(H,30,35)(H,31,36). The Kier molecular flexibility index (Phi) is 7.69. The van der Waals surface area contributed by atoms with E-state index >= 15 is 0 Å². The summed E-state index contributed by atoms with van der Waals surface area (Å²) in [6, 6.07) is 19.1. The number of rotatable bonds is 8. The van der Waals surface area contributed by atoms with Crippen LogP contribution in [0.3, 0.4) is 0 Å². The van der Waals surface area contributed by atoms with Gasteiger partial charge in [-0.05, 0) is 42.0 Å². The molecule has 0 fully saturated rings. The van der Waals surface area contributed by atoms with Crippen molar-refractivity contribution in [1.29, 1.82) is 0 Å². The number of benzene rings is 3. The van der Waals surface area contributed by atoms with E-state index in [-0.39, 0.29) is 36.4 Å². The number of carbonyl (C=O) groups is 3. The van der Waals surface area contributed by atoms with Crippen LogP contribution in [-0.2, 0) is 20.9 Å². The minimum absolute atomic E-state index is 0.00189. The zero-order valence-corrected chi connectivity index (χ0v) is 21.7. The van der Waals surface area contributed by atoms with E-state index in [1.54, 1.807) is 49.6 Å². The molecule has 3 aromatic rings. The third kappa shape index (κ3) is 5.99. The van der Waals surface area contributed by atoms with E-state index in [0.29, 0.717) is 33.7 Å². The van der Waals surface area contributed by atoms with Crippen molar-refractivity contribution in [2.75, 3.05) is 18.2 Å². The molecule has 2 aliphatic rings. The minimum Gasteiger partial charge on any atom is -0.497 e. The molecule has 1 atom stereocenters. The molecule has 2 heterocycles. The molecule has 3 aromatic carbocycles. The van der Waals surface area contributed by atoms with Crippen molar-refractivity contribution >= 4 is 51.9 Å². The molecular formula is C28H24FN5O4S. The summed E-state index contributed by atoms with van der Waals surface area (Å²) in [4.78, 5) is 49.3. The van der Waals surface area contributed by atoms with Gasteiger partial charge in [-0.2, -0.15) is 0 Å². The van der Waals surface area contributed by atoms with Gasteiger partial charge in [0.05, 0.1) is 25.0 Å². The summed E-state index contributed by atoms with van der Waals surface area (Å²) in [7, 11) is 1.55. The van der Waals surface area contributed by atoms with Gasteiger partial charge in [-0.25, -0.2) is 14.3 Å². The van der Waals surface area contributed by atoms with Crippen molar-refractivity contribution in [2.45, 2.75) is 19.0 Å². The molecule has 0 saturated carbocycles. The average Bonchev–Trinajstić information content (AvgIpc) is 3.27. The van der Waals surface area contributed by atoms with Gasteiger partial charge in [0.15, 0.2) is 5.17 Å². The summed E-state index contributed by atoms with van der Waals surface area (Å²) in [6.07, 6.45) is -0.156. The van der Waals surface area contributed by atoms with Gasteiger partial charge in [0, 0.05) is 23.9 Å². The van der Waals surface area contributed by atoms with Crippen molar-refractivity contribution in [2.24, 2.45) is 9.98 Å². The van der Waals surface area contributed by atoms with Gasteiger partial charge in [-0.3, -0.25) is 19.4 Å². The summed E-state index contributed by atoms with van der Waals surface area (Å²) in [5.41, 5.74) is 2.61. The van der Waals surface area contributed by atoms with Crippen LogP contribution in [0.2, 0.25) is 0 Å². The molecule has 0 bridgehead atoms. The second kappa shape index (κ2) is 11.5. The topological polar surface area (TPSA) is 112 Å². The van der Waals surface area contributed by atoms with Gasteiger partial charge in [-0.1, -0.05) is 42.1 Å². The Labute approximate surface area is 228 Å². The van der Waals surface area contributed by atoms with E-state index in [9.17, 15) is 18.8 Å². The minimum atomic E-state index is -0.934. The summed E-state index contributed by atoms with van der Waals surface area (Å²) in [6.45, 7) is 0.202. The van der Waals surface area contributed by atoms with Crippen molar-refractivity contribution in [3.8, 4) is 5.75 Å². The number of amidine groups is 2. The fourth-order valence-corrected chi connectivity index (χ4v) is 4.91. The molecule has 2 aliphatic heterocycles. The van der Waals surface area contributed by atoms with Crippen LogP contribution < -0.4 is 15.4 Å². The maximum absolute atomic E-state index is 13.4. The number of thioether (sulfide) groups is 1. The van der Waals surface area contributed by atoms with Crippen LogP contribution in [0.1, 0.15) is 17.5 Å². The highest BCUT2D eigenvalue weighted by Crippen LogP contribution is 2.34.